The highest BCUT2D eigenvalue weighted by Gasteiger charge is 2.35. The summed E-state index contributed by atoms with van der Waals surface area (Å²) in [5.41, 5.74) is 24.7. The molecule has 1 aliphatic rings. The number of Topliss-reactive ketones (excluding diaryl/α,β-unsaturated/α-hetero) is 3. The van der Waals surface area contributed by atoms with Crippen LogP contribution in [0.15, 0.2) is 83.3 Å². The molecule has 24 nitrogen and oxygen atoms in total. The molecule has 5 rings (SSSR count). The number of fused-ring (bicyclic) bond motifs is 1. The van der Waals surface area contributed by atoms with Gasteiger partial charge >= 0.3 is 5.97 Å². The van der Waals surface area contributed by atoms with Crippen LogP contribution in [0.2, 0.25) is 0 Å². The van der Waals surface area contributed by atoms with Gasteiger partial charge in [0.1, 0.15) is 35.7 Å². The van der Waals surface area contributed by atoms with E-state index in [0.717, 1.165) is 10.9 Å². The Labute approximate surface area is 445 Å². The van der Waals surface area contributed by atoms with Gasteiger partial charge in [-0.25, -0.2) is 9.78 Å². The van der Waals surface area contributed by atoms with Crippen molar-refractivity contribution in [3.05, 3.63) is 90.1 Å². The largest absolute Gasteiger partial charge is 0.480 e. The third-order valence-corrected chi connectivity index (χ3v) is 13.3. The Morgan fingerprint density at radius 3 is 2.12 bits per heavy atom. The van der Waals surface area contributed by atoms with E-state index in [1.54, 1.807) is 36.5 Å². The van der Waals surface area contributed by atoms with Gasteiger partial charge in [-0.15, -0.1) is 0 Å². The van der Waals surface area contributed by atoms with Gasteiger partial charge in [-0.1, -0.05) is 55.0 Å². The number of hydrogen-bond donors (Lipinski definition) is 12. The molecule has 1 aliphatic heterocycles. The number of nitrogens with one attached hydrogen (secondary N) is 7. The van der Waals surface area contributed by atoms with Gasteiger partial charge in [0, 0.05) is 92.9 Å². The maximum Gasteiger partial charge on any atom is 0.326 e. The number of hydrogen-bond acceptors (Lipinski definition) is 12. The number of imidazole rings is 1. The summed E-state index contributed by atoms with van der Waals surface area (Å²) in [5.74, 6) is -8.87. The highest BCUT2D eigenvalue weighted by atomic mass is 16.4. The molecular formula is C53H72N14O10. The Bertz CT molecular complexity index is 2720. The van der Waals surface area contributed by atoms with Crippen LogP contribution in [0, 0.1) is 11.8 Å². The zero-order valence-electron chi connectivity index (χ0n) is 43.3. The smallest absolute Gasteiger partial charge is 0.326 e. The Kier molecular flexibility index (Phi) is 23.3. The molecule has 4 aromatic rings. The number of carbonyl (C=O) groups is 9. The lowest BCUT2D eigenvalue weighted by Gasteiger charge is -2.27. The predicted octanol–water partition coefficient (Wildman–Crippen LogP) is 0.629. The van der Waals surface area contributed by atoms with Crippen molar-refractivity contribution in [3.63, 3.8) is 0 Å². The summed E-state index contributed by atoms with van der Waals surface area (Å²) in [7, 11) is 0. The number of nitrogens with zero attached hydrogens (tertiary/aromatic N) is 3. The number of aromatic nitrogens is 3. The first kappa shape index (κ1) is 59.4. The van der Waals surface area contributed by atoms with E-state index in [9.17, 15) is 48.3 Å². The van der Waals surface area contributed by atoms with Crippen molar-refractivity contribution in [3.8, 4) is 0 Å². The second-order valence-electron chi connectivity index (χ2n) is 19.3. The van der Waals surface area contributed by atoms with Crippen LogP contribution < -0.4 is 49.5 Å². The lowest BCUT2D eigenvalue weighted by atomic mass is 9.83. The number of carboxylic acids is 1. The number of carboxylic acid groups (broad SMARTS) is 1. The summed E-state index contributed by atoms with van der Waals surface area (Å²) < 4.78 is 0. The maximum absolute atomic E-state index is 14.9. The van der Waals surface area contributed by atoms with Gasteiger partial charge in [-0.3, -0.25) is 48.3 Å². The lowest BCUT2D eigenvalue weighted by molar-refractivity contribution is -0.143. The van der Waals surface area contributed by atoms with E-state index in [-0.39, 0.29) is 114 Å². The van der Waals surface area contributed by atoms with Crippen molar-refractivity contribution in [2.75, 3.05) is 13.1 Å². The third-order valence-electron chi connectivity index (χ3n) is 13.3. The fourth-order valence-corrected chi connectivity index (χ4v) is 9.21. The standard InChI is InChI=1S/C53H72N14O10/c1-31(68)63-40(18-10-22-60-53(56)57)48(73)64-41-17-7-5-14-37(69)19-20-42(51(76)77)65-47(72)34(24-35-28-61-39-16-8-6-15-38(35)39)26-45(70)33(13-9-21-59-52(54)55)25-46(71)43(23-32-11-3-2-4-12-32)66-50(75)44(67-49(41)74)27-36-29-58-30-62-36/h2-4,6,8,11-12,15-16,28-30,33-34,40-44,61H,5,7,9-10,13-14,17-27H2,1H3,(H,58,62)(H,63,68)(H,64,73)(H,65,72)(H,66,75)(H,67,74)(H,76,77)(H4,54,55,59)(H4,56,57,60)/t33-,34-,40-,41+,42+,43-,44+/m1/s1. The molecule has 77 heavy (non-hydrogen) atoms. The van der Waals surface area contributed by atoms with E-state index in [0.29, 0.717) is 16.8 Å². The molecule has 7 atom stereocenters. The lowest BCUT2D eigenvalue weighted by Crippen LogP contribution is -2.58. The number of benzene rings is 2. The zero-order valence-corrected chi connectivity index (χ0v) is 43.3. The molecule has 0 radical (unpaired) electrons. The third kappa shape index (κ3) is 20.0. The van der Waals surface area contributed by atoms with E-state index in [1.807, 2.05) is 24.3 Å². The van der Waals surface area contributed by atoms with Gasteiger partial charge in [-0.05, 0) is 75.0 Å². The first-order valence-electron chi connectivity index (χ1n) is 25.8. The number of rotatable bonds is 18. The first-order valence-corrected chi connectivity index (χ1v) is 25.8. The SMILES string of the molecule is CC(=O)N[C@H](CCCN=C(N)N)C(=O)N[C@H]1CCCCC(=O)CC[C@@H](C(=O)O)NC(=O)[C@H](Cc2c[nH]c3ccccc23)CC(=O)[C@H](CCCN=C(N)N)CC(=O)[C@@H](Cc2ccccc2)NC(=O)[C@H](Cc2cnc[nH]2)NC1=O. The first-order chi connectivity index (χ1) is 36.9. The van der Waals surface area contributed by atoms with Crippen LogP contribution in [-0.2, 0) is 62.4 Å². The maximum atomic E-state index is 14.9. The molecule has 16 N–H and O–H groups in total. The van der Waals surface area contributed by atoms with Crippen molar-refractivity contribution in [2.45, 2.75) is 133 Å². The highest BCUT2D eigenvalue weighted by molar-refractivity contribution is 5.98. The summed E-state index contributed by atoms with van der Waals surface area (Å²) in [4.78, 5) is 144. The number of guanidine groups is 2. The van der Waals surface area contributed by atoms with Gasteiger partial charge in [0.2, 0.25) is 29.5 Å². The Morgan fingerprint density at radius 1 is 0.740 bits per heavy atom. The monoisotopic (exact) mass is 1060 g/mol. The number of amides is 5. The van der Waals surface area contributed by atoms with Crippen molar-refractivity contribution in [1.82, 2.24) is 41.5 Å². The number of H-pyrrole nitrogens is 2. The number of para-hydroxylation sites is 1. The summed E-state index contributed by atoms with van der Waals surface area (Å²) >= 11 is 0. The minimum Gasteiger partial charge on any atom is -0.480 e. The second kappa shape index (κ2) is 30.2. The molecule has 24 heteroatoms. The van der Waals surface area contributed by atoms with Crippen LogP contribution in [0.4, 0.5) is 0 Å². The molecule has 0 saturated carbocycles. The van der Waals surface area contributed by atoms with Crippen LogP contribution in [0.5, 0.6) is 0 Å². The number of aromatic amines is 2. The molecule has 3 heterocycles. The second-order valence-corrected chi connectivity index (χ2v) is 19.3. The van der Waals surface area contributed by atoms with Crippen LogP contribution in [-0.4, -0.2) is 128 Å². The Morgan fingerprint density at radius 2 is 1.43 bits per heavy atom. The van der Waals surface area contributed by atoms with Crippen molar-refractivity contribution in [1.29, 1.82) is 0 Å². The molecule has 0 spiro atoms. The topological polar surface area (TPSA) is 407 Å². The molecule has 0 aliphatic carbocycles. The van der Waals surface area contributed by atoms with Gasteiger partial charge in [0.25, 0.3) is 0 Å². The average molecular weight is 1070 g/mol. The minimum atomic E-state index is -1.51. The van der Waals surface area contributed by atoms with Gasteiger partial charge in [-0.2, -0.15) is 0 Å². The molecule has 1 saturated heterocycles. The van der Waals surface area contributed by atoms with Crippen molar-refractivity contribution in [2.24, 2.45) is 44.8 Å². The molecule has 1 fully saturated rings. The molecule has 0 unspecified atom stereocenters. The van der Waals surface area contributed by atoms with E-state index >= 15 is 0 Å². The number of nitrogens with two attached hydrogens (primary N) is 4. The van der Waals surface area contributed by atoms with Crippen LogP contribution >= 0.6 is 0 Å². The van der Waals surface area contributed by atoms with Crippen molar-refractivity contribution >= 4 is 75.7 Å². The van der Waals surface area contributed by atoms with Gasteiger partial charge in [0.15, 0.2) is 17.7 Å². The summed E-state index contributed by atoms with van der Waals surface area (Å²) in [6, 6.07) is 9.55. The highest BCUT2D eigenvalue weighted by Crippen LogP contribution is 2.26. The normalized spacial score (nSPS) is 21.2. The van der Waals surface area contributed by atoms with E-state index in [4.69, 9.17) is 22.9 Å². The van der Waals surface area contributed by atoms with Crippen molar-refractivity contribution < 1.29 is 48.3 Å². The van der Waals surface area contributed by atoms with E-state index in [2.05, 4.69) is 51.5 Å². The molecule has 414 valence electrons. The number of carbonyl (C=O) groups excluding carboxylic acids is 8. The number of aliphatic carboxylic acids is 1. The zero-order chi connectivity index (χ0) is 55.9. The molecule has 2 aromatic carbocycles. The van der Waals surface area contributed by atoms with E-state index < -0.39 is 102 Å². The predicted molar refractivity (Wildman–Crippen MR) is 286 cm³/mol. The summed E-state index contributed by atoms with van der Waals surface area (Å²) in [6.45, 7) is 1.47. The number of ketones is 3. The van der Waals surface area contributed by atoms with Gasteiger partial charge in [0.05, 0.1) is 12.4 Å². The fourth-order valence-electron chi connectivity index (χ4n) is 9.21. The summed E-state index contributed by atoms with van der Waals surface area (Å²) in [5, 5.41) is 24.6. The molecule has 5 amide bonds. The average Bonchev–Trinajstić information content (AvgIpc) is 4.07. The number of aliphatic imine (C=N–C) groups is 2. The minimum absolute atomic E-state index is 0.00637. The molecule has 0 bridgehead atoms. The van der Waals surface area contributed by atoms with E-state index in [1.165, 1.54) is 19.4 Å². The van der Waals surface area contributed by atoms with Crippen LogP contribution in [0.25, 0.3) is 10.9 Å². The van der Waals surface area contributed by atoms with Crippen LogP contribution in [0.1, 0.15) is 101 Å². The summed E-state index contributed by atoms with van der Waals surface area (Å²) in [6.07, 6.45) is 4.00. The molecular weight excluding hydrogens is 993 g/mol. The fraction of sp³-hybridized carbons (Fsp3) is 0.472. The Balaban J connectivity index is 1.54. The van der Waals surface area contributed by atoms with Gasteiger partial charge < -0.3 is 64.6 Å². The Hall–Kier alpha value is -8.44. The quantitative estimate of drug-likeness (QED) is 0.0369. The van der Waals surface area contributed by atoms with Crippen LogP contribution in [0.3, 0.4) is 0 Å². The molecule has 2 aromatic heterocycles.